The third-order valence-corrected chi connectivity index (χ3v) is 13.9. The third kappa shape index (κ3) is 9.31. The quantitative estimate of drug-likeness (QED) is 0.161. The van der Waals surface area contributed by atoms with Crippen LogP contribution in [0.1, 0.15) is 66.0 Å². The Morgan fingerprint density at radius 1 is 0.356 bits per heavy atom. The molecule has 4 aromatic heterocycles. The maximum atomic E-state index is 13.9. The molecule has 0 radical (unpaired) electrons. The summed E-state index contributed by atoms with van der Waals surface area (Å²) in [6.45, 7) is 4.45. The molecule has 2 aliphatic rings. The van der Waals surface area contributed by atoms with Crippen molar-refractivity contribution >= 4 is 74.2 Å². The van der Waals surface area contributed by atoms with Gasteiger partial charge in [0.25, 0.3) is 0 Å². The maximum absolute atomic E-state index is 13.9. The summed E-state index contributed by atoms with van der Waals surface area (Å²) in [5.41, 5.74) is 19.7. The molecule has 0 saturated heterocycles. The summed E-state index contributed by atoms with van der Waals surface area (Å²) in [4.78, 5) is 30.3. The number of pyridine rings is 4. The van der Waals surface area contributed by atoms with E-state index in [2.05, 4.69) is 86.7 Å². The number of carbonyl (C=O) groups is 1. The topological polar surface area (TPSA) is 68.6 Å². The van der Waals surface area contributed by atoms with Crippen molar-refractivity contribution in [1.82, 2.24) is 19.9 Å². The molecule has 4 heterocycles. The van der Waals surface area contributed by atoms with Gasteiger partial charge in [0.1, 0.15) is 23.7 Å². The molecule has 0 bridgehead atoms. The molecular formula is C65H47F3N4O. The first-order chi connectivity index (χ1) is 35.7. The predicted octanol–water partition coefficient (Wildman–Crippen LogP) is 16.0. The molecule has 5 nitrogen and oxygen atoms in total. The van der Waals surface area contributed by atoms with Gasteiger partial charge in [0.05, 0.1) is 44.8 Å². The van der Waals surface area contributed by atoms with Crippen molar-refractivity contribution in [3.63, 3.8) is 0 Å². The summed E-state index contributed by atoms with van der Waals surface area (Å²) in [6.07, 6.45) is 12.4. The van der Waals surface area contributed by atoms with Gasteiger partial charge in [0.2, 0.25) is 0 Å². The summed E-state index contributed by atoms with van der Waals surface area (Å²) in [5.74, 6) is -0.889. The summed E-state index contributed by atoms with van der Waals surface area (Å²) < 4.78 is 39.9. The molecule has 0 aliphatic heterocycles. The number of halogens is 3. The van der Waals surface area contributed by atoms with E-state index in [4.69, 9.17) is 19.9 Å². The summed E-state index contributed by atoms with van der Waals surface area (Å²) in [7, 11) is 0. The van der Waals surface area contributed by atoms with Crippen LogP contribution in [0.15, 0.2) is 170 Å². The minimum atomic E-state index is -0.375. The van der Waals surface area contributed by atoms with Gasteiger partial charge in [0.15, 0.2) is 0 Å². The van der Waals surface area contributed by atoms with E-state index in [1.807, 2.05) is 60.7 Å². The fraction of sp³-hybridized carbons (Fsp3) is 0.0923. The predicted molar refractivity (Wildman–Crippen MR) is 292 cm³/mol. The van der Waals surface area contributed by atoms with Gasteiger partial charge in [-0.1, -0.05) is 133 Å². The molecule has 0 N–H and O–H groups in total. The van der Waals surface area contributed by atoms with Crippen LogP contribution in [0.4, 0.5) is 13.2 Å². The molecular weight excluding hydrogens is 910 g/mol. The van der Waals surface area contributed by atoms with Gasteiger partial charge in [-0.2, -0.15) is 0 Å². The lowest BCUT2D eigenvalue weighted by atomic mass is 9.84. The fourth-order valence-corrected chi connectivity index (χ4v) is 10.3. The van der Waals surface area contributed by atoms with Gasteiger partial charge in [0, 0.05) is 27.1 Å². The zero-order valence-electron chi connectivity index (χ0n) is 40.2. The summed E-state index contributed by atoms with van der Waals surface area (Å²) >= 11 is 0. The number of aromatic nitrogens is 4. The van der Waals surface area contributed by atoms with E-state index in [0.717, 1.165) is 115 Å². The van der Waals surface area contributed by atoms with Gasteiger partial charge >= 0.3 is 0 Å². The van der Waals surface area contributed by atoms with Crippen molar-refractivity contribution < 1.29 is 18.0 Å². The van der Waals surface area contributed by atoms with Gasteiger partial charge in [-0.05, 0) is 156 Å². The highest BCUT2D eigenvalue weighted by atomic mass is 19.1. The Morgan fingerprint density at radius 3 is 1.04 bits per heavy atom. The van der Waals surface area contributed by atoms with E-state index in [9.17, 15) is 18.0 Å². The lowest BCUT2D eigenvalue weighted by Crippen LogP contribution is -2.12. The number of hydrogen-bond donors (Lipinski definition) is 0. The van der Waals surface area contributed by atoms with Gasteiger partial charge < -0.3 is 0 Å². The molecule has 0 unspecified atom stereocenters. The highest BCUT2D eigenvalue weighted by Crippen LogP contribution is 2.42. The number of hydrogen-bond acceptors (Lipinski definition) is 5. The number of nitrogens with zero attached hydrogens (tertiary/aromatic N) is 4. The number of carbonyl (C=O) groups excluding carboxylic acids is 1. The Labute approximate surface area is 421 Å². The molecule has 7 aromatic carbocycles. The van der Waals surface area contributed by atoms with Crippen molar-refractivity contribution in [2.24, 2.45) is 0 Å². The second-order valence-electron chi connectivity index (χ2n) is 18.4. The van der Waals surface area contributed by atoms with Crippen LogP contribution >= 0.6 is 0 Å². The minimum absolute atomic E-state index is 0.257. The Morgan fingerprint density at radius 2 is 0.671 bits per heavy atom. The van der Waals surface area contributed by atoms with Crippen molar-refractivity contribution in [1.29, 1.82) is 0 Å². The molecule has 2 aliphatic carbocycles. The molecule has 0 amide bonds. The first-order valence-corrected chi connectivity index (χ1v) is 24.4. The molecule has 0 saturated carbocycles. The third-order valence-electron chi connectivity index (χ3n) is 13.9. The normalized spacial score (nSPS) is 12.5. The number of fused-ring (bicyclic) bond motifs is 10. The smallest absolute Gasteiger partial charge is 0.150 e. The highest BCUT2D eigenvalue weighted by molar-refractivity contribution is 5.99. The van der Waals surface area contributed by atoms with Crippen molar-refractivity contribution in [2.75, 3.05) is 0 Å². The average Bonchev–Trinajstić information content (AvgIpc) is 3.42. The largest absolute Gasteiger partial charge is 0.298 e. The molecule has 354 valence electrons. The molecule has 13 rings (SSSR count). The van der Waals surface area contributed by atoms with Crippen molar-refractivity contribution in [3.8, 4) is 22.8 Å². The molecule has 11 aromatic rings. The van der Waals surface area contributed by atoms with Crippen LogP contribution in [0.25, 0.3) is 90.7 Å². The molecule has 0 fully saturated rings. The number of aldehydes is 1. The summed E-state index contributed by atoms with van der Waals surface area (Å²) in [5, 5.41) is 4.64. The first kappa shape index (κ1) is 46.5. The van der Waals surface area contributed by atoms with E-state index < -0.39 is 0 Å². The van der Waals surface area contributed by atoms with E-state index >= 15 is 0 Å². The van der Waals surface area contributed by atoms with Crippen LogP contribution in [0, 0.1) is 31.3 Å². The minimum Gasteiger partial charge on any atom is -0.298 e. The monoisotopic (exact) mass is 956 g/mol. The van der Waals surface area contributed by atoms with E-state index in [1.54, 1.807) is 18.2 Å². The SMILES string of the molecule is Cc1c2c(nc3ccccc13)-c1nc3ccccc3c(C)c1CC2.Fc1cccc(/C=C/c2c3c(nc4ccccc24)-c2nc4ccccc4c(/C=C/c4cccc(F)c4)c2CC3)c1.O=Cc1cccc(F)c1. The first-order valence-electron chi connectivity index (χ1n) is 24.4. The van der Waals surface area contributed by atoms with Crippen LogP contribution < -0.4 is 0 Å². The number of aryl methyl sites for hydroxylation is 2. The van der Waals surface area contributed by atoms with Gasteiger partial charge in [-0.15, -0.1) is 0 Å². The zero-order valence-corrected chi connectivity index (χ0v) is 40.2. The number of benzene rings is 7. The average molecular weight is 957 g/mol. The fourth-order valence-electron chi connectivity index (χ4n) is 10.3. The van der Waals surface area contributed by atoms with Crippen LogP contribution in [0.2, 0.25) is 0 Å². The Kier molecular flexibility index (Phi) is 12.8. The van der Waals surface area contributed by atoms with Crippen molar-refractivity contribution in [3.05, 3.63) is 249 Å². The van der Waals surface area contributed by atoms with E-state index in [1.165, 1.54) is 75.5 Å². The lowest BCUT2D eigenvalue weighted by molar-refractivity contribution is 0.112. The van der Waals surface area contributed by atoms with Crippen LogP contribution in [0.3, 0.4) is 0 Å². The number of para-hydroxylation sites is 4. The van der Waals surface area contributed by atoms with Crippen LogP contribution in [-0.2, 0) is 25.7 Å². The number of rotatable bonds is 5. The Bertz CT molecular complexity index is 3790. The lowest BCUT2D eigenvalue weighted by Gasteiger charge is -2.24. The Hall–Kier alpha value is -8.88. The van der Waals surface area contributed by atoms with E-state index in [0.29, 0.717) is 11.8 Å². The standard InChI is InChI=1S/C36H24F2N2.C22H18N2.C7H5FO/c37-25-9-5-7-23(21-25)15-17-27-29-11-1-3-13-33(29)39-35-31(27)19-20-32-28(18-16-24-8-6-10-26(38)22-24)30-12-2-4-14-34(30)40-36(32)35;1-13-15-7-3-5-9-19(15)23-21-17(13)11-12-18-14(2)16-8-4-6-10-20(16)24-22(18)21;8-7-3-1-2-6(4-7)5-9/h1-18,21-22H,19-20H2;3-10H,11-12H2,1-2H3;1-5H/b17-15+,18-16+;;. The van der Waals surface area contributed by atoms with Crippen LogP contribution in [0.5, 0.6) is 0 Å². The molecule has 8 heteroatoms. The zero-order chi connectivity index (χ0) is 50.0. The molecule has 0 spiro atoms. The van der Waals surface area contributed by atoms with Crippen molar-refractivity contribution in [2.45, 2.75) is 39.5 Å². The van der Waals surface area contributed by atoms with Gasteiger partial charge in [-0.25, -0.2) is 33.1 Å². The summed E-state index contributed by atoms with van der Waals surface area (Å²) in [6, 6.07) is 51.9. The molecule has 73 heavy (non-hydrogen) atoms. The Balaban J connectivity index is 0.000000146. The van der Waals surface area contributed by atoms with Gasteiger partial charge in [-0.3, -0.25) is 4.79 Å². The second kappa shape index (κ2) is 20.1. The highest BCUT2D eigenvalue weighted by Gasteiger charge is 2.27. The second-order valence-corrected chi connectivity index (χ2v) is 18.4. The van der Waals surface area contributed by atoms with E-state index in [-0.39, 0.29) is 17.5 Å². The molecule has 0 atom stereocenters. The maximum Gasteiger partial charge on any atom is 0.150 e. The van der Waals surface area contributed by atoms with Crippen LogP contribution in [-0.4, -0.2) is 26.2 Å².